The largest absolute Gasteiger partial charge is 0.490 e. The molecular formula is C20H20N2O5. The van der Waals surface area contributed by atoms with Crippen LogP contribution in [0.25, 0.3) is 0 Å². The van der Waals surface area contributed by atoms with E-state index in [0.717, 1.165) is 6.42 Å². The molecule has 2 aromatic rings. The number of amides is 2. The first kappa shape index (κ1) is 17.2. The average Bonchev–Trinajstić information content (AvgIpc) is 2.92. The molecule has 0 saturated heterocycles. The molecule has 2 aromatic carbocycles. The summed E-state index contributed by atoms with van der Waals surface area (Å²) in [5.41, 5.74) is 1.26. The van der Waals surface area contributed by atoms with Gasteiger partial charge in [0, 0.05) is 25.1 Å². The second kappa shape index (κ2) is 7.19. The zero-order valence-corrected chi connectivity index (χ0v) is 14.9. The number of hydrogen-bond donors (Lipinski definition) is 1. The second-order valence-electron chi connectivity index (χ2n) is 6.41. The SMILES string of the molecule is CC(=O)N1CC(C(=O)Nc2ccc3c(c2)OCCCO3)Oc2ccccc21. The zero-order chi connectivity index (χ0) is 18.8. The highest BCUT2D eigenvalue weighted by Gasteiger charge is 2.32. The predicted octanol–water partition coefficient (Wildman–Crippen LogP) is 2.60. The molecule has 2 amide bonds. The zero-order valence-electron chi connectivity index (χ0n) is 14.9. The Kier molecular flexibility index (Phi) is 4.58. The maximum absolute atomic E-state index is 12.7. The lowest BCUT2D eigenvalue weighted by Gasteiger charge is -2.33. The molecule has 0 bridgehead atoms. The number of hydrogen-bond acceptors (Lipinski definition) is 5. The van der Waals surface area contributed by atoms with Crippen molar-refractivity contribution >= 4 is 23.2 Å². The van der Waals surface area contributed by atoms with Gasteiger partial charge < -0.3 is 24.4 Å². The van der Waals surface area contributed by atoms with E-state index in [1.807, 2.05) is 6.07 Å². The first-order valence-corrected chi connectivity index (χ1v) is 8.86. The highest BCUT2D eigenvalue weighted by Crippen LogP contribution is 2.34. The molecule has 0 radical (unpaired) electrons. The van der Waals surface area contributed by atoms with Crippen LogP contribution >= 0.6 is 0 Å². The van der Waals surface area contributed by atoms with Gasteiger partial charge in [0.15, 0.2) is 17.6 Å². The Labute approximate surface area is 156 Å². The summed E-state index contributed by atoms with van der Waals surface area (Å²) in [4.78, 5) is 26.3. The third-order valence-electron chi connectivity index (χ3n) is 4.46. The number of benzene rings is 2. The van der Waals surface area contributed by atoms with E-state index in [-0.39, 0.29) is 18.4 Å². The minimum Gasteiger partial charge on any atom is -0.490 e. The van der Waals surface area contributed by atoms with Crippen molar-refractivity contribution in [2.24, 2.45) is 0 Å². The fourth-order valence-electron chi connectivity index (χ4n) is 3.13. The molecule has 1 unspecified atom stereocenters. The summed E-state index contributed by atoms with van der Waals surface area (Å²) in [6.45, 7) is 2.80. The summed E-state index contributed by atoms with van der Waals surface area (Å²) in [6.07, 6.45) is 0.00632. The van der Waals surface area contributed by atoms with Gasteiger partial charge in [-0.25, -0.2) is 0 Å². The molecular weight excluding hydrogens is 348 g/mol. The van der Waals surface area contributed by atoms with Gasteiger partial charge in [-0.2, -0.15) is 0 Å². The van der Waals surface area contributed by atoms with E-state index in [2.05, 4.69) is 5.32 Å². The minimum absolute atomic E-state index is 0.140. The van der Waals surface area contributed by atoms with Gasteiger partial charge in [-0.1, -0.05) is 12.1 Å². The molecule has 7 heteroatoms. The van der Waals surface area contributed by atoms with Gasteiger partial charge in [-0.15, -0.1) is 0 Å². The van der Waals surface area contributed by atoms with E-state index in [1.54, 1.807) is 41.3 Å². The summed E-state index contributed by atoms with van der Waals surface area (Å²) in [7, 11) is 0. The Bertz CT molecular complexity index is 882. The monoisotopic (exact) mass is 368 g/mol. The van der Waals surface area contributed by atoms with Crippen LogP contribution in [0.3, 0.4) is 0 Å². The molecule has 0 spiro atoms. The number of para-hydroxylation sites is 2. The first-order chi connectivity index (χ1) is 13.1. The summed E-state index contributed by atoms with van der Waals surface area (Å²) in [5.74, 6) is 1.31. The van der Waals surface area contributed by atoms with E-state index in [1.165, 1.54) is 6.92 Å². The lowest BCUT2D eigenvalue weighted by Crippen LogP contribution is -2.48. The number of rotatable bonds is 2. The molecule has 4 rings (SSSR count). The van der Waals surface area contributed by atoms with Gasteiger partial charge in [-0.3, -0.25) is 9.59 Å². The van der Waals surface area contributed by atoms with E-state index in [9.17, 15) is 9.59 Å². The molecule has 2 heterocycles. The van der Waals surface area contributed by atoms with Gasteiger partial charge in [0.1, 0.15) is 5.75 Å². The van der Waals surface area contributed by atoms with Crippen molar-refractivity contribution in [3.63, 3.8) is 0 Å². The maximum Gasteiger partial charge on any atom is 0.267 e. The van der Waals surface area contributed by atoms with Gasteiger partial charge in [0.25, 0.3) is 5.91 Å². The number of ether oxygens (including phenoxy) is 3. The summed E-state index contributed by atoms with van der Waals surface area (Å²) in [6, 6.07) is 12.4. The number of carbonyl (C=O) groups is 2. The highest BCUT2D eigenvalue weighted by molar-refractivity contribution is 5.99. The molecule has 0 saturated carbocycles. The van der Waals surface area contributed by atoms with E-state index in [4.69, 9.17) is 14.2 Å². The normalized spacial score (nSPS) is 18.0. The number of fused-ring (bicyclic) bond motifs is 2. The number of nitrogens with one attached hydrogen (secondary N) is 1. The molecule has 2 aliphatic heterocycles. The Morgan fingerprint density at radius 3 is 2.63 bits per heavy atom. The third kappa shape index (κ3) is 3.53. The fourth-order valence-corrected chi connectivity index (χ4v) is 3.13. The Hall–Kier alpha value is -3.22. The lowest BCUT2D eigenvalue weighted by atomic mass is 10.1. The van der Waals surface area contributed by atoms with Crippen LogP contribution < -0.4 is 24.4 Å². The summed E-state index contributed by atoms with van der Waals surface area (Å²) >= 11 is 0. The molecule has 0 fully saturated rings. The van der Waals surface area contributed by atoms with Gasteiger partial charge in [-0.05, 0) is 24.3 Å². The number of carbonyl (C=O) groups excluding carboxylic acids is 2. The lowest BCUT2D eigenvalue weighted by molar-refractivity contribution is -0.123. The van der Waals surface area contributed by atoms with Crippen LogP contribution in [0.2, 0.25) is 0 Å². The smallest absolute Gasteiger partial charge is 0.267 e. The van der Waals surface area contributed by atoms with Crippen LogP contribution in [0, 0.1) is 0 Å². The molecule has 1 N–H and O–H groups in total. The standard InChI is InChI=1S/C20H20N2O5/c1-13(23)22-12-19(27-16-6-3-2-5-15(16)22)20(24)21-14-7-8-17-18(11-14)26-10-4-9-25-17/h2-3,5-8,11,19H,4,9-10,12H2,1H3,(H,21,24). The average molecular weight is 368 g/mol. The van der Waals surface area contributed by atoms with Crippen LogP contribution in [0.4, 0.5) is 11.4 Å². The van der Waals surface area contributed by atoms with Crippen molar-refractivity contribution in [1.82, 2.24) is 0 Å². The quantitative estimate of drug-likeness (QED) is 0.882. The molecule has 2 aliphatic rings. The molecule has 140 valence electrons. The van der Waals surface area contributed by atoms with Crippen LogP contribution in [0.5, 0.6) is 17.2 Å². The topological polar surface area (TPSA) is 77.1 Å². The molecule has 27 heavy (non-hydrogen) atoms. The van der Waals surface area contributed by atoms with Crippen molar-refractivity contribution in [3.05, 3.63) is 42.5 Å². The van der Waals surface area contributed by atoms with Crippen LogP contribution in [-0.2, 0) is 9.59 Å². The van der Waals surface area contributed by atoms with Crippen molar-refractivity contribution in [2.45, 2.75) is 19.4 Å². The van der Waals surface area contributed by atoms with Gasteiger partial charge in [0.05, 0.1) is 25.4 Å². The Morgan fingerprint density at radius 2 is 1.81 bits per heavy atom. The van der Waals surface area contributed by atoms with E-state index >= 15 is 0 Å². The van der Waals surface area contributed by atoms with Crippen molar-refractivity contribution in [2.75, 3.05) is 30.0 Å². The number of nitrogens with zero attached hydrogens (tertiary/aromatic N) is 1. The second-order valence-corrected chi connectivity index (χ2v) is 6.41. The predicted molar refractivity (Wildman–Crippen MR) is 99.6 cm³/mol. The molecule has 1 atom stereocenters. The van der Waals surface area contributed by atoms with Crippen molar-refractivity contribution in [3.8, 4) is 17.2 Å². The molecule has 7 nitrogen and oxygen atoms in total. The van der Waals surface area contributed by atoms with Crippen LogP contribution in [0.15, 0.2) is 42.5 Å². The number of anilines is 2. The van der Waals surface area contributed by atoms with Gasteiger partial charge >= 0.3 is 0 Å². The summed E-state index contributed by atoms with van der Waals surface area (Å²) in [5, 5.41) is 2.83. The maximum atomic E-state index is 12.7. The Balaban J connectivity index is 1.52. The van der Waals surface area contributed by atoms with Crippen molar-refractivity contribution < 1.29 is 23.8 Å². The van der Waals surface area contributed by atoms with E-state index < -0.39 is 6.10 Å². The molecule has 0 aliphatic carbocycles. The first-order valence-electron chi connectivity index (χ1n) is 8.86. The minimum atomic E-state index is -0.806. The van der Waals surface area contributed by atoms with Crippen LogP contribution in [-0.4, -0.2) is 37.7 Å². The van der Waals surface area contributed by atoms with Crippen LogP contribution in [0.1, 0.15) is 13.3 Å². The van der Waals surface area contributed by atoms with Crippen molar-refractivity contribution in [1.29, 1.82) is 0 Å². The summed E-state index contributed by atoms with van der Waals surface area (Å²) < 4.78 is 17.1. The fraction of sp³-hybridized carbons (Fsp3) is 0.300. The Morgan fingerprint density at radius 1 is 1.04 bits per heavy atom. The highest BCUT2D eigenvalue weighted by atomic mass is 16.5. The third-order valence-corrected chi connectivity index (χ3v) is 4.46. The van der Waals surface area contributed by atoms with Gasteiger partial charge in [0.2, 0.25) is 5.91 Å². The van der Waals surface area contributed by atoms with E-state index in [0.29, 0.717) is 41.8 Å². The molecule has 0 aromatic heterocycles.